The van der Waals surface area contributed by atoms with Crippen molar-refractivity contribution < 1.29 is 8.42 Å². The van der Waals surface area contributed by atoms with Crippen molar-refractivity contribution in [2.45, 2.75) is 6.92 Å². The van der Waals surface area contributed by atoms with Gasteiger partial charge in [0.15, 0.2) is 5.11 Å². The summed E-state index contributed by atoms with van der Waals surface area (Å²) in [6.07, 6.45) is 0. The monoisotopic (exact) mass is 239 g/mol. The molecule has 14 heavy (non-hydrogen) atoms. The number of hydrogen-bond donors (Lipinski definition) is 2. The molecule has 0 saturated heterocycles. The van der Waals surface area contributed by atoms with E-state index in [1.54, 1.807) is 0 Å². The molecule has 0 aromatic carbocycles. The van der Waals surface area contributed by atoms with Crippen LogP contribution < -0.4 is 10.6 Å². The molecule has 5 nitrogen and oxygen atoms in total. The number of rotatable bonds is 5. The van der Waals surface area contributed by atoms with Crippen LogP contribution >= 0.6 is 12.2 Å². The lowest BCUT2D eigenvalue weighted by molar-refractivity contribution is 0.520. The van der Waals surface area contributed by atoms with E-state index in [1.807, 2.05) is 6.92 Å². The molecule has 0 spiro atoms. The molecular weight excluding hydrogens is 222 g/mol. The second-order valence-electron chi connectivity index (χ2n) is 2.88. The predicted octanol–water partition coefficient (Wildman–Crippen LogP) is -0.638. The summed E-state index contributed by atoms with van der Waals surface area (Å²) < 4.78 is 23.8. The molecule has 0 fully saturated rings. The molecule has 0 aliphatic carbocycles. The molecule has 0 aliphatic rings. The quantitative estimate of drug-likeness (QED) is 0.625. The molecule has 84 valence electrons. The molecule has 0 rings (SSSR count). The molecule has 2 N–H and O–H groups in total. The van der Waals surface area contributed by atoms with Crippen LogP contribution in [0.2, 0.25) is 0 Å². The Morgan fingerprint density at radius 2 is 1.93 bits per heavy atom. The fraction of sp³-hybridized carbons (Fsp3) is 0.857. The van der Waals surface area contributed by atoms with E-state index in [0.717, 1.165) is 6.54 Å². The van der Waals surface area contributed by atoms with Crippen molar-refractivity contribution in [3.05, 3.63) is 0 Å². The number of thiocarbonyl (C=S) groups is 1. The van der Waals surface area contributed by atoms with Gasteiger partial charge in [0.05, 0.1) is 5.75 Å². The Kier molecular flexibility index (Phi) is 5.98. The first kappa shape index (κ1) is 13.6. The Labute approximate surface area is 90.9 Å². The molecule has 0 amide bonds. The van der Waals surface area contributed by atoms with Crippen molar-refractivity contribution in [2.24, 2.45) is 0 Å². The lowest BCUT2D eigenvalue weighted by Crippen LogP contribution is -2.39. The molecule has 0 bridgehead atoms. The van der Waals surface area contributed by atoms with E-state index in [4.69, 9.17) is 12.2 Å². The van der Waals surface area contributed by atoms with Gasteiger partial charge in [-0.25, -0.2) is 12.7 Å². The highest BCUT2D eigenvalue weighted by Crippen LogP contribution is 1.91. The van der Waals surface area contributed by atoms with Crippen molar-refractivity contribution in [1.29, 1.82) is 0 Å². The van der Waals surface area contributed by atoms with Gasteiger partial charge in [0.2, 0.25) is 10.0 Å². The fourth-order valence-electron chi connectivity index (χ4n) is 0.699. The normalized spacial score (nSPS) is 11.4. The first-order valence-corrected chi connectivity index (χ1v) is 6.33. The summed E-state index contributed by atoms with van der Waals surface area (Å²) in [5, 5.41) is 6.17. The highest BCUT2D eigenvalue weighted by Gasteiger charge is 2.12. The van der Waals surface area contributed by atoms with Crippen LogP contribution in [0.4, 0.5) is 0 Å². The summed E-state index contributed by atoms with van der Waals surface area (Å²) in [4.78, 5) is 0. The average molecular weight is 239 g/mol. The van der Waals surface area contributed by atoms with Gasteiger partial charge in [-0.15, -0.1) is 0 Å². The zero-order chi connectivity index (χ0) is 11.2. The Bertz CT molecular complexity index is 275. The van der Waals surface area contributed by atoms with Crippen molar-refractivity contribution in [2.75, 3.05) is 32.9 Å². The highest BCUT2D eigenvalue weighted by molar-refractivity contribution is 7.89. The van der Waals surface area contributed by atoms with Gasteiger partial charge in [0, 0.05) is 27.2 Å². The van der Waals surface area contributed by atoms with Gasteiger partial charge in [0.1, 0.15) is 0 Å². The van der Waals surface area contributed by atoms with Crippen LogP contribution in [0.15, 0.2) is 0 Å². The van der Waals surface area contributed by atoms with E-state index >= 15 is 0 Å². The van der Waals surface area contributed by atoms with Gasteiger partial charge in [-0.3, -0.25) is 0 Å². The van der Waals surface area contributed by atoms with Gasteiger partial charge in [-0.05, 0) is 19.1 Å². The zero-order valence-corrected chi connectivity index (χ0v) is 10.3. The Morgan fingerprint density at radius 1 is 1.36 bits per heavy atom. The third kappa shape index (κ3) is 5.36. The zero-order valence-electron chi connectivity index (χ0n) is 8.70. The first-order chi connectivity index (χ1) is 6.40. The Hall–Kier alpha value is -0.400. The van der Waals surface area contributed by atoms with E-state index in [2.05, 4.69) is 10.6 Å². The summed E-state index contributed by atoms with van der Waals surface area (Å²) in [7, 11) is -0.102. The summed E-state index contributed by atoms with van der Waals surface area (Å²) in [6.45, 7) is 2.98. The molecule has 7 heteroatoms. The van der Waals surface area contributed by atoms with Crippen molar-refractivity contribution in [3.63, 3.8) is 0 Å². The van der Waals surface area contributed by atoms with Crippen LogP contribution in [0.5, 0.6) is 0 Å². The average Bonchev–Trinajstić information content (AvgIpc) is 2.04. The van der Waals surface area contributed by atoms with Gasteiger partial charge in [-0.1, -0.05) is 0 Å². The summed E-state index contributed by atoms with van der Waals surface area (Å²) >= 11 is 4.88. The topological polar surface area (TPSA) is 61.4 Å². The summed E-state index contributed by atoms with van der Waals surface area (Å²) in [6, 6.07) is 0. The summed E-state index contributed by atoms with van der Waals surface area (Å²) in [5.41, 5.74) is 0. The van der Waals surface area contributed by atoms with Crippen LogP contribution in [0.25, 0.3) is 0 Å². The van der Waals surface area contributed by atoms with Crippen molar-refractivity contribution in [1.82, 2.24) is 14.9 Å². The minimum atomic E-state index is -3.13. The van der Waals surface area contributed by atoms with E-state index < -0.39 is 10.0 Å². The molecule has 0 aromatic heterocycles. The third-order valence-corrected chi connectivity index (χ3v) is 3.66. The van der Waals surface area contributed by atoms with Crippen LogP contribution in [0.1, 0.15) is 6.92 Å². The SMILES string of the molecule is CCNC(=S)NCCS(=O)(=O)N(C)C. The molecule has 0 heterocycles. The Morgan fingerprint density at radius 3 is 2.36 bits per heavy atom. The van der Waals surface area contributed by atoms with Gasteiger partial charge in [0.25, 0.3) is 0 Å². The minimum absolute atomic E-state index is 0.0472. The van der Waals surface area contributed by atoms with E-state index in [9.17, 15) is 8.42 Å². The maximum Gasteiger partial charge on any atom is 0.215 e. The summed E-state index contributed by atoms with van der Waals surface area (Å²) in [5.74, 6) is 0.0472. The Balaban J connectivity index is 3.80. The molecule has 0 saturated carbocycles. The van der Waals surface area contributed by atoms with Crippen LogP contribution in [-0.4, -0.2) is 50.8 Å². The predicted molar refractivity (Wildman–Crippen MR) is 61.8 cm³/mol. The molecule has 0 unspecified atom stereocenters. The highest BCUT2D eigenvalue weighted by atomic mass is 32.2. The van der Waals surface area contributed by atoms with Gasteiger partial charge < -0.3 is 10.6 Å². The minimum Gasteiger partial charge on any atom is -0.363 e. The molecule has 0 aromatic rings. The standard InChI is InChI=1S/C7H17N3O2S2/c1-4-8-7(13)9-5-6-14(11,12)10(2)3/h4-6H2,1-3H3,(H2,8,9,13). The maximum atomic E-state index is 11.3. The molecule has 0 radical (unpaired) electrons. The van der Waals surface area contributed by atoms with Crippen LogP contribution in [0, 0.1) is 0 Å². The maximum absolute atomic E-state index is 11.3. The van der Waals surface area contributed by atoms with Crippen molar-refractivity contribution >= 4 is 27.4 Å². The second-order valence-corrected chi connectivity index (χ2v) is 5.60. The first-order valence-electron chi connectivity index (χ1n) is 4.32. The van der Waals surface area contributed by atoms with Gasteiger partial charge >= 0.3 is 0 Å². The van der Waals surface area contributed by atoms with E-state index in [0.29, 0.717) is 11.7 Å². The fourth-order valence-corrected chi connectivity index (χ4v) is 1.67. The van der Waals surface area contributed by atoms with E-state index in [1.165, 1.54) is 18.4 Å². The lowest BCUT2D eigenvalue weighted by Gasteiger charge is -2.12. The van der Waals surface area contributed by atoms with Crippen LogP contribution in [0.3, 0.4) is 0 Å². The number of hydrogen-bond acceptors (Lipinski definition) is 3. The number of nitrogens with one attached hydrogen (secondary N) is 2. The number of nitrogens with zero attached hydrogens (tertiary/aromatic N) is 1. The molecular formula is C7H17N3O2S2. The van der Waals surface area contributed by atoms with E-state index in [-0.39, 0.29) is 5.75 Å². The smallest absolute Gasteiger partial charge is 0.215 e. The molecule has 0 aliphatic heterocycles. The third-order valence-electron chi connectivity index (χ3n) is 1.54. The second kappa shape index (κ2) is 6.15. The molecule has 0 atom stereocenters. The largest absolute Gasteiger partial charge is 0.363 e. The van der Waals surface area contributed by atoms with Crippen molar-refractivity contribution in [3.8, 4) is 0 Å². The van der Waals surface area contributed by atoms with Crippen LogP contribution in [-0.2, 0) is 10.0 Å². The number of sulfonamides is 1. The van der Waals surface area contributed by atoms with Gasteiger partial charge in [-0.2, -0.15) is 0 Å². The lowest BCUT2D eigenvalue weighted by atomic mass is 10.7.